The summed E-state index contributed by atoms with van der Waals surface area (Å²) in [7, 11) is 0. The predicted molar refractivity (Wildman–Crippen MR) is 143 cm³/mol. The number of aryl methyl sites for hydroxylation is 1. The van der Waals surface area contributed by atoms with Crippen molar-refractivity contribution >= 4 is 28.9 Å². The Labute approximate surface area is 215 Å². The fraction of sp³-hybridized carbons (Fsp3) is 0.357. The van der Waals surface area contributed by atoms with Crippen molar-refractivity contribution < 1.29 is 9.90 Å². The number of amides is 1. The van der Waals surface area contributed by atoms with Crippen molar-refractivity contribution in [1.82, 2.24) is 24.7 Å². The third kappa shape index (κ3) is 4.29. The molecule has 0 aliphatic carbocycles. The number of piperidine rings is 1. The molecule has 0 spiro atoms. The Balaban J connectivity index is 1.27. The van der Waals surface area contributed by atoms with Crippen molar-refractivity contribution in [1.29, 1.82) is 0 Å². The number of benzene rings is 1. The second-order valence-corrected chi connectivity index (χ2v) is 10.5. The van der Waals surface area contributed by atoms with Gasteiger partial charge >= 0.3 is 0 Å². The van der Waals surface area contributed by atoms with Gasteiger partial charge in [-0.2, -0.15) is 0 Å². The van der Waals surface area contributed by atoms with E-state index in [1.54, 1.807) is 6.20 Å². The van der Waals surface area contributed by atoms with Gasteiger partial charge in [0.15, 0.2) is 0 Å². The minimum atomic E-state index is -0.695. The Morgan fingerprint density at radius 1 is 1.14 bits per heavy atom. The van der Waals surface area contributed by atoms with Crippen LogP contribution in [0.15, 0.2) is 48.9 Å². The first kappa shape index (κ1) is 23.4. The number of rotatable bonds is 5. The topological polar surface area (TPSA) is 108 Å². The molecular weight excluding hydrogens is 466 g/mol. The summed E-state index contributed by atoms with van der Waals surface area (Å²) in [5.74, 6) is 1.43. The maximum atomic E-state index is 12.8. The van der Waals surface area contributed by atoms with Gasteiger partial charge in [-0.15, -0.1) is 0 Å². The first-order valence-electron chi connectivity index (χ1n) is 12.7. The number of carbonyl (C=O) groups excluding carboxylic acids is 1. The number of imidazole rings is 1. The molecule has 5 heterocycles. The zero-order valence-corrected chi connectivity index (χ0v) is 21.3. The molecule has 37 heavy (non-hydrogen) atoms. The molecule has 1 fully saturated rings. The zero-order valence-electron chi connectivity index (χ0n) is 21.3. The summed E-state index contributed by atoms with van der Waals surface area (Å²) in [5.41, 5.74) is 5.37. The molecule has 1 saturated heterocycles. The molecule has 3 N–H and O–H groups in total. The molecule has 2 aliphatic heterocycles. The summed E-state index contributed by atoms with van der Waals surface area (Å²) in [4.78, 5) is 28.7. The van der Waals surface area contributed by atoms with Crippen molar-refractivity contribution in [2.24, 2.45) is 5.92 Å². The van der Waals surface area contributed by atoms with E-state index in [0.29, 0.717) is 23.7 Å². The normalized spacial score (nSPS) is 17.7. The summed E-state index contributed by atoms with van der Waals surface area (Å²) in [6, 6.07) is 9.87. The number of nitrogens with zero attached hydrogens (tertiary/aromatic N) is 5. The smallest absolute Gasteiger partial charge is 0.254 e. The van der Waals surface area contributed by atoms with Crippen molar-refractivity contribution in [3.63, 3.8) is 0 Å². The first-order valence-corrected chi connectivity index (χ1v) is 12.7. The molecule has 1 atom stereocenters. The molecule has 0 saturated carbocycles. The van der Waals surface area contributed by atoms with E-state index in [1.807, 2.05) is 67.9 Å². The highest BCUT2D eigenvalue weighted by atomic mass is 16.3. The number of hydrogen-bond donors (Lipinski definition) is 3. The Morgan fingerprint density at radius 2 is 2.00 bits per heavy atom. The summed E-state index contributed by atoms with van der Waals surface area (Å²) in [6.07, 6.45) is 7.69. The number of anilines is 3. The van der Waals surface area contributed by atoms with Crippen LogP contribution in [0.1, 0.15) is 48.3 Å². The molecule has 6 rings (SSSR count). The maximum absolute atomic E-state index is 12.8. The summed E-state index contributed by atoms with van der Waals surface area (Å²) in [6.45, 7) is 7.93. The molecule has 1 amide bonds. The molecular formula is C28H31N7O2. The second-order valence-electron chi connectivity index (χ2n) is 10.5. The minimum Gasteiger partial charge on any atom is -0.390 e. The molecule has 9 nitrogen and oxygen atoms in total. The standard InChI is InChI=1S/C28H31N7O2/c1-17-10-12-35-23(15-31-27(35)32-17)20-7-8-22(25-21(20)14-30-26(25)36)33-24-9-6-19(13-29-24)34-11-4-5-18(16-34)28(2,3)37/h6-10,12-13,15,18,37H,4-5,11,14,16H2,1-3H3,(H,29,33)(H,30,36)/t18-/m0/s1. The van der Waals surface area contributed by atoms with Gasteiger partial charge in [-0.25, -0.2) is 15.0 Å². The van der Waals surface area contributed by atoms with E-state index in [4.69, 9.17) is 0 Å². The number of hydrogen-bond acceptors (Lipinski definition) is 7. The average Bonchev–Trinajstić information content (AvgIpc) is 3.48. The fourth-order valence-corrected chi connectivity index (χ4v) is 5.42. The Morgan fingerprint density at radius 3 is 2.78 bits per heavy atom. The molecule has 1 aromatic carbocycles. The summed E-state index contributed by atoms with van der Waals surface area (Å²) < 4.78 is 1.95. The Hall–Kier alpha value is -3.98. The molecule has 4 aromatic rings. The van der Waals surface area contributed by atoms with Crippen LogP contribution in [0, 0.1) is 12.8 Å². The van der Waals surface area contributed by atoms with Crippen LogP contribution in [0.2, 0.25) is 0 Å². The Bertz CT molecular complexity index is 1490. The predicted octanol–water partition coefficient (Wildman–Crippen LogP) is 4.07. The number of carbonyl (C=O) groups is 1. The maximum Gasteiger partial charge on any atom is 0.254 e. The van der Waals surface area contributed by atoms with Crippen molar-refractivity contribution in [2.75, 3.05) is 23.3 Å². The molecule has 0 radical (unpaired) electrons. The molecule has 0 bridgehead atoms. The summed E-state index contributed by atoms with van der Waals surface area (Å²) in [5, 5.41) is 16.8. The van der Waals surface area contributed by atoms with Gasteiger partial charge in [0, 0.05) is 43.0 Å². The lowest BCUT2D eigenvalue weighted by Gasteiger charge is -2.39. The molecule has 2 aliphatic rings. The number of aromatic nitrogens is 4. The van der Waals surface area contributed by atoms with Crippen LogP contribution in [-0.2, 0) is 6.54 Å². The molecule has 0 unspecified atom stereocenters. The number of fused-ring (bicyclic) bond motifs is 2. The van der Waals surface area contributed by atoms with Gasteiger partial charge in [-0.3, -0.25) is 9.20 Å². The van der Waals surface area contributed by atoms with Gasteiger partial charge in [0.1, 0.15) is 5.82 Å². The van der Waals surface area contributed by atoms with E-state index in [-0.39, 0.29) is 11.8 Å². The van der Waals surface area contributed by atoms with Crippen molar-refractivity contribution in [3.8, 4) is 11.3 Å². The van der Waals surface area contributed by atoms with Crippen LogP contribution >= 0.6 is 0 Å². The zero-order chi connectivity index (χ0) is 25.7. The van der Waals surface area contributed by atoms with Gasteiger partial charge in [-0.05, 0) is 63.4 Å². The minimum absolute atomic E-state index is 0.107. The van der Waals surface area contributed by atoms with Crippen LogP contribution in [0.4, 0.5) is 17.2 Å². The SMILES string of the molecule is Cc1ccn2c(-c3ccc(Nc4ccc(N5CCC[C@H](C(C)(C)O)C5)cn4)c4c3CNC4=O)cnc2n1. The van der Waals surface area contributed by atoms with Crippen LogP contribution < -0.4 is 15.5 Å². The average molecular weight is 498 g/mol. The highest BCUT2D eigenvalue weighted by Gasteiger charge is 2.31. The number of pyridine rings is 1. The number of nitrogens with one attached hydrogen (secondary N) is 2. The highest BCUT2D eigenvalue weighted by molar-refractivity contribution is 6.06. The third-order valence-corrected chi connectivity index (χ3v) is 7.56. The lowest BCUT2D eigenvalue weighted by molar-refractivity contribution is 0.0110. The first-order chi connectivity index (χ1) is 17.8. The molecule has 9 heteroatoms. The summed E-state index contributed by atoms with van der Waals surface area (Å²) >= 11 is 0. The lowest BCUT2D eigenvalue weighted by Crippen LogP contribution is -2.44. The van der Waals surface area contributed by atoms with E-state index >= 15 is 0 Å². The van der Waals surface area contributed by atoms with Crippen LogP contribution in [0.25, 0.3) is 17.0 Å². The Kier molecular flexibility index (Phi) is 5.60. The quantitative estimate of drug-likeness (QED) is 0.381. The highest BCUT2D eigenvalue weighted by Crippen LogP contribution is 2.36. The monoisotopic (exact) mass is 497 g/mol. The largest absolute Gasteiger partial charge is 0.390 e. The van der Waals surface area contributed by atoms with Gasteiger partial charge < -0.3 is 20.6 Å². The van der Waals surface area contributed by atoms with Crippen molar-refractivity contribution in [2.45, 2.75) is 45.8 Å². The van der Waals surface area contributed by atoms with E-state index in [0.717, 1.165) is 59.8 Å². The fourth-order valence-electron chi connectivity index (χ4n) is 5.42. The lowest BCUT2D eigenvalue weighted by atomic mass is 9.84. The van der Waals surface area contributed by atoms with Crippen LogP contribution in [0.3, 0.4) is 0 Å². The van der Waals surface area contributed by atoms with Gasteiger partial charge in [-0.1, -0.05) is 6.07 Å². The van der Waals surface area contributed by atoms with Gasteiger partial charge in [0.2, 0.25) is 5.78 Å². The van der Waals surface area contributed by atoms with E-state index in [1.165, 1.54) is 0 Å². The number of aliphatic hydroxyl groups is 1. The van der Waals surface area contributed by atoms with E-state index < -0.39 is 5.60 Å². The van der Waals surface area contributed by atoms with Crippen LogP contribution in [-0.4, -0.2) is 49.1 Å². The van der Waals surface area contributed by atoms with E-state index in [2.05, 4.69) is 30.5 Å². The molecule has 3 aromatic heterocycles. The van der Waals surface area contributed by atoms with Crippen LogP contribution in [0.5, 0.6) is 0 Å². The molecule has 190 valence electrons. The van der Waals surface area contributed by atoms with Crippen molar-refractivity contribution in [3.05, 3.63) is 65.7 Å². The van der Waals surface area contributed by atoms with E-state index in [9.17, 15) is 9.90 Å². The van der Waals surface area contributed by atoms with Gasteiger partial charge in [0.25, 0.3) is 5.91 Å². The van der Waals surface area contributed by atoms with Gasteiger partial charge in [0.05, 0.1) is 40.6 Å². The second kappa shape index (κ2) is 8.85. The third-order valence-electron chi connectivity index (χ3n) is 7.56.